The molecule has 0 fully saturated rings. The van der Waals surface area contributed by atoms with Crippen LogP contribution in [-0.4, -0.2) is 13.0 Å². The lowest BCUT2D eigenvalue weighted by atomic mass is 10.1. The number of nitrogens with one attached hydrogen (secondary N) is 2. The van der Waals surface area contributed by atoms with E-state index in [-0.39, 0.29) is 0 Å². The van der Waals surface area contributed by atoms with Crippen molar-refractivity contribution < 1.29 is 18.0 Å². The fraction of sp³-hybridized carbons (Fsp3) is 0.133. The Kier molecular flexibility index (Phi) is 4.59. The summed E-state index contributed by atoms with van der Waals surface area (Å²) in [6.45, 7) is 0.662. The van der Waals surface area contributed by atoms with Crippen molar-refractivity contribution in [2.45, 2.75) is 6.54 Å². The second kappa shape index (κ2) is 6.41. The molecule has 0 unspecified atom stereocenters. The lowest BCUT2D eigenvalue weighted by molar-refractivity contribution is 0.101. The molecule has 0 aromatic heterocycles. The molecule has 0 aliphatic rings. The smallest absolute Gasteiger partial charge is 0.261 e. The van der Waals surface area contributed by atoms with Gasteiger partial charge in [-0.15, -0.1) is 0 Å². The van der Waals surface area contributed by atoms with E-state index < -0.39 is 28.9 Å². The highest BCUT2D eigenvalue weighted by atomic mass is 19.1. The first-order chi connectivity index (χ1) is 10.0. The van der Waals surface area contributed by atoms with Crippen molar-refractivity contribution in [2.75, 3.05) is 12.4 Å². The van der Waals surface area contributed by atoms with Crippen LogP contribution in [0.1, 0.15) is 15.9 Å². The maximum atomic E-state index is 13.5. The molecule has 0 spiro atoms. The van der Waals surface area contributed by atoms with Crippen LogP contribution in [-0.2, 0) is 6.54 Å². The van der Waals surface area contributed by atoms with Crippen molar-refractivity contribution in [3.05, 3.63) is 65.0 Å². The first kappa shape index (κ1) is 15.1. The molecule has 110 valence electrons. The Hall–Kier alpha value is -2.34. The first-order valence-electron chi connectivity index (χ1n) is 6.20. The molecular weight excluding hydrogens is 281 g/mol. The van der Waals surface area contributed by atoms with Gasteiger partial charge in [-0.3, -0.25) is 4.79 Å². The molecule has 0 aliphatic carbocycles. The molecule has 3 nitrogen and oxygen atoms in total. The number of carbonyl (C=O) groups is 1. The second-order valence-corrected chi connectivity index (χ2v) is 4.43. The molecule has 0 saturated carbocycles. The van der Waals surface area contributed by atoms with Crippen LogP contribution in [0, 0.1) is 17.5 Å². The van der Waals surface area contributed by atoms with Crippen molar-refractivity contribution in [1.29, 1.82) is 0 Å². The maximum absolute atomic E-state index is 13.5. The monoisotopic (exact) mass is 294 g/mol. The molecular formula is C15H13F3N2O. The van der Waals surface area contributed by atoms with Crippen molar-refractivity contribution in [3.8, 4) is 0 Å². The van der Waals surface area contributed by atoms with Crippen LogP contribution in [0.25, 0.3) is 0 Å². The van der Waals surface area contributed by atoms with E-state index >= 15 is 0 Å². The van der Waals surface area contributed by atoms with E-state index in [0.29, 0.717) is 24.4 Å². The summed E-state index contributed by atoms with van der Waals surface area (Å²) < 4.78 is 39.8. The molecule has 1 amide bonds. The Morgan fingerprint density at radius 1 is 1.05 bits per heavy atom. The minimum atomic E-state index is -1.24. The highest BCUT2D eigenvalue weighted by Crippen LogP contribution is 2.17. The Labute approximate surface area is 119 Å². The minimum absolute atomic E-state index is 0.392. The zero-order valence-electron chi connectivity index (χ0n) is 11.2. The average molecular weight is 294 g/mol. The van der Waals surface area contributed by atoms with Crippen molar-refractivity contribution in [1.82, 2.24) is 5.32 Å². The number of rotatable bonds is 4. The minimum Gasteiger partial charge on any atom is -0.322 e. The van der Waals surface area contributed by atoms with E-state index in [0.717, 1.165) is 5.56 Å². The molecule has 2 aromatic rings. The number of hydrogen-bond donors (Lipinski definition) is 2. The Morgan fingerprint density at radius 3 is 2.14 bits per heavy atom. The van der Waals surface area contributed by atoms with Crippen molar-refractivity contribution in [3.63, 3.8) is 0 Å². The summed E-state index contributed by atoms with van der Waals surface area (Å²) in [4.78, 5) is 11.9. The molecule has 0 saturated heterocycles. The zero-order chi connectivity index (χ0) is 15.4. The highest BCUT2D eigenvalue weighted by Gasteiger charge is 2.19. The SMILES string of the molecule is CNCc1ccc(NC(=O)c2c(F)cc(F)cc2F)cc1. The molecule has 2 rings (SSSR count). The van der Waals surface area contributed by atoms with Gasteiger partial charge in [0.15, 0.2) is 0 Å². The molecule has 0 atom stereocenters. The fourth-order valence-corrected chi connectivity index (χ4v) is 1.86. The van der Waals surface area contributed by atoms with Crippen LogP contribution >= 0.6 is 0 Å². The molecule has 2 aromatic carbocycles. The van der Waals surface area contributed by atoms with Crippen LogP contribution in [0.3, 0.4) is 0 Å². The van der Waals surface area contributed by atoms with Gasteiger partial charge in [-0.05, 0) is 24.7 Å². The summed E-state index contributed by atoms with van der Waals surface area (Å²) in [5.74, 6) is -4.52. The summed E-state index contributed by atoms with van der Waals surface area (Å²) in [5.41, 5.74) is 0.577. The maximum Gasteiger partial charge on any atom is 0.261 e. The number of carbonyl (C=O) groups excluding carboxylic acids is 1. The summed E-state index contributed by atoms with van der Waals surface area (Å²) in [7, 11) is 1.80. The van der Waals surface area contributed by atoms with Crippen molar-refractivity contribution >= 4 is 11.6 Å². The van der Waals surface area contributed by atoms with Gasteiger partial charge in [0.05, 0.1) is 0 Å². The van der Waals surface area contributed by atoms with Gasteiger partial charge in [0.2, 0.25) is 0 Å². The standard InChI is InChI=1S/C15H13F3N2O/c1-19-8-9-2-4-11(5-3-9)20-15(21)14-12(17)6-10(16)7-13(14)18/h2-7,19H,8H2,1H3,(H,20,21). The second-order valence-electron chi connectivity index (χ2n) is 4.43. The van der Waals surface area contributed by atoms with Crippen LogP contribution in [0.2, 0.25) is 0 Å². The number of hydrogen-bond acceptors (Lipinski definition) is 2. The van der Waals surface area contributed by atoms with Gasteiger partial charge in [0.1, 0.15) is 23.0 Å². The first-order valence-corrected chi connectivity index (χ1v) is 6.20. The van der Waals surface area contributed by atoms with E-state index in [4.69, 9.17) is 0 Å². The molecule has 2 N–H and O–H groups in total. The van der Waals surface area contributed by atoms with Gasteiger partial charge in [-0.1, -0.05) is 12.1 Å². The lowest BCUT2D eigenvalue weighted by Crippen LogP contribution is -2.16. The third-order valence-corrected chi connectivity index (χ3v) is 2.83. The average Bonchev–Trinajstić information content (AvgIpc) is 2.40. The van der Waals surface area contributed by atoms with Gasteiger partial charge in [-0.2, -0.15) is 0 Å². The predicted molar refractivity (Wildman–Crippen MR) is 73.5 cm³/mol. The van der Waals surface area contributed by atoms with Gasteiger partial charge in [-0.25, -0.2) is 13.2 Å². The fourth-order valence-electron chi connectivity index (χ4n) is 1.86. The van der Waals surface area contributed by atoms with E-state index in [1.807, 2.05) is 0 Å². The number of halogens is 3. The van der Waals surface area contributed by atoms with Crippen LogP contribution in [0.15, 0.2) is 36.4 Å². The molecule has 6 heteroatoms. The highest BCUT2D eigenvalue weighted by molar-refractivity contribution is 6.04. The molecule has 0 bridgehead atoms. The van der Waals surface area contributed by atoms with Crippen molar-refractivity contribution in [2.24, 2.45) is 0 Å². The number of benzene rings is 2. The molecule has 0 heterocycles. The van der Waals surface area contributed by atoms with Gasteiger partial charge in [0.25, 0.3) is 5.91 Å². The largest absolute Gasteiger partial charge is 0.322 e. The van der Waals surface area contributed by atoms with Gasteiger partial charge < -0.3 is 10.6 Å². The molecule has 21 heavy (non-hydrogen) atoms. The van der Waals surface area contributed by atoms with E-state index in [1.54, 1.807) is 31.3 Å². The third kappa shape index (κ3) is 3.61. The normalized spacial score (nSPS) is 10.5. The number of amides is 1. The van der Waals surface area contributed by atoms with Crippen LogP contribution in [0.4, 0.5) is 18.9 Å². The quantitative estimate of drug-likeness (QED) is 0.910. The van der Waals surface area contributed by atoms with Gasteiger partial charge >= 0.3 is 0 Å². The number of anilines is 1. The Bertz CT molecular complexity index is 633. The van der Waals surface area contributed by atoms with E-state index in [9.17, 15) is 18.0 Å². The molecule has 0 radical (unpaired) electrons. The zero-order valence-corrected chi connectivity index (χ0v) is 11.2. The summed E-state index contributed by atoms with van der Waals surface area (Å²) in [6.07, 6.45) is 0. The van der Waals surface area contributed by atoms with Crippen LogP contribution < -0.4 is 10.6 Å². The molecule has 0 aliphatic heterocycles. The van der Waals surface area contributed by atoms with Crippen LogP contribution in [0.5, 0.6) is 0 Å². The topological polar surface area (TPSA) is 41.1 Å². The van der Waals surface area contributed by atoms with Gasteiger partial charge in [0, 0.05) is 24.4 Å². The summed E-state index contributed by atoms with van der Waals surface area (Å²) in [6, 6.07) is 7.70. The van der Waals surface area contributed by atoms with E-state index in [1.165, 1.54) is 0 Å². The summed E-state index contributed by atoms with van der Waals surface area (Å²) >= 11 is 0. The Morgan fingerprint density at radius 2 is 1.62 bits per heavy atom. The predicted octanol–water partition coefficient (Wildman–Crippen LogP) is 3.08. The summed E-state index contributed by atoms with van der Waals surface area (Å²) in [5, 5.41) is 5.34. The third-order valence-electron chi connectivity index (χ3n) is 2.83. The lowest BCUT2D eigenvalue weighted by Gasteiger charge is -2.08. The Balaban J connectivity index is 2.18. The van der Waals surface area contributed by atoms with E-state index in [2.05, 4.69) is 10.6 Å².